The van der Waals surface area contributed by atoms with Gasteiger partial charge in [0.05, 0.1) is 5.50 Å². The van der Waals surface area contributed by atoms with E-state index in [0.717, 1.165) is 6.42 Å². The van der Waals surface area contributed by atoms with Crippen LogP contribution in [0, 0.1) is 0 Å². The molecule has 0 bridgehead atoms. The SMILES string of the molecule is CC1CC(Cl)NC(NC(=O)Nc2ccc(C(=O)c3ccccc3)cc2)N1. The van der Waals surface area contributed by atoms with Crippen molar-refractivity contribution in [1.29, 1.82) is 0 Å². The fourth-order valence-corrected chi connectivity index (χ4v) is 3.20. The van der Waals surface area contributed by atoms with Crippen LogP contribution in [0.5, 0.6) is 0 Å². The lowest BCUT2D eigenvalue weighted by molar-refractivity contribution is 0.103. The number of carbonyl (C=O) groups excluding carboxylic acids is 2. The number of anilines is 1. The summed E-state index contributed by atoms with van der Waals surface area (Å²) < 4.78 is 0. The molecule has 0 aromatic heterocycles. The molecule has 0 aliphatic carbocycles. The first-order chi connectivity index (χ1) is 12.5. The molecule has 2 aromatic carbocycles. The highest BCUT2D eigenvalue weighted by Crippen LogP contribution is 2.14. The predicted molar refractivity (Wildman–Crippen MR) is 102 cm³/mol. The second-order valence-electron chi connectivity index (χ2n) is 6.24. The molecule has 26 heavy (non-hydrogen) atoms. The quantitative estimate of drug-likeness (QED) is 0.378. The van der Waals surface area contributed by atoms with Crippen molar-refractivity contribution in [2.24, 2.45) is 0 Å². The zero-order valence-corrected chi connectivity index (χ0v) is 15.1. The third-order valence-electron chi connectivity index (χ3n) is 4.08. The van der Waals surface area contributed by atoms with Gasteiger partial charge in [0.2, 0.25) is 0 Å². The summed E-state index contributed by atoms with van der Waals surface area (Å²) in [4.78, 5) is 24.5. The van der Waals surface area contributed by atoms with Crippen molar-refractivity contribution in [2.45, 2.75) is 31.2 Å². The smallest absolute Gasteiger partial charge is 0.310 e. The van der Waals surface area contributed by atoms with E-state index in [4.69, 9.17) is 11.6 Å². The Morgan fingerprint density at radius 1 is 1.00 bits per heavy atom. The van der Waals surface area contributed by atoms with Crippen molar-refractivity contribution in [1.82, 2.24) is 16.0 Å². The van der Waals surface area contributed by atoms with Gasteiger partial charge in [0, 0.05) is 22.9 Å². The summed E-state index contributed by atoms with van der Waals surface area (Å²) in [5.74, 6) is -0.0562. The van der Waals surface area contributed by atoms with Gasteiger partial charge in [0.1, 0.15) is 6.29 Å². The third kappa shape index (κ3) is 4.82. The van der Waals surface area contributed by atoms with Gasteiger partial charge in [-0.2, -0.15) is 0 Å². The number of hydrogen-bond acceptors (Lipinski definition) is 4. The number of nitrogens with one attached hydrogen (secondary N) is 4. The van der Waals surface area contributed by atoms with Crippen LogP contribution < -0.4 is 21.3 Å². The molecule has 1 aliphatic heterocycles. The van der Waals surface area contributed by atoms with Gasteiger partial charge in [0.25, 0.3) is 0 Å². The van der Waals surface area contributed by atoms with Crippen molar-refractivity contribution >= 4 is 29.1 Å². The first kappa shape index (κ1) is 18.4. The molecule has 1 heterocycles. The molecule has 136 valence electrons. The average Bonchev–Trinajstić information content (AvgIpc) is 2.61. The van der Waals surface area contributed by atoms with E-state index in [2.05, 4.69) is 21.3 Å². The summed E-state index contributed by atoms with van der Waals surface area (Å²) in [5, 5.41) is 11.7. The molecule has 4 N–H and O–H groups in total. The number of urea groups is 1. The average molecular weight is 373 g/mol. The minimum atomic E-state index is -0.403. The van der Waals surface area contributed by atoms with Crippen molar-refractivity contribution in [3.05, 3.63) is 65.7 Å². The van der Waals surface area contributed by atoms with Gasteiger partial charge < -0.3 is 10.6 Å². The summed E-state index contributed by atoms with van der Waals surface area (Å²) in [6, 6.07) is 15.7. The normalized spacial score (nSPS) is 22.5. The van der Waals surface area contributed by atoms with E-state index >= 15 is 0 Å². The second kappa shape index (κ2) is 8.31. The van der Waals surface area contributed by atoms with Crippen molar-refractivity contribution < 1.29 is 9.59 Å². The van der Waals surface area contributed by atoms with Crippen LogP contribution in [0.4, 0.5) is 10.5 Å². The Bertz CT molecular complexity index is 757. The van der Waals surface area contributed by atoms with E-state index in [-0.39, 0.29) is 23.4 Å². The maximum atomic E-state index is 12.4. The molecule has 1 aliphatic rings. The molecular weight excluding hydrogens is 352 g/mol. The van der Waals surface area contributed by atoms with Crippen LogP contribution in [0.15, 0.2) is 54.6 Å². The van der Waals surface area contributed by atoms with Gasteiger partial charge in [-0.25, -0.2) is 4.79 Å². The van der Waals surface area contributed by atoms with Crippen LogP contribution >= 0.6 is 11.6 Å². The van der Waals surface area contributed by atoms with E-state index in [0.29, 0.717) is 16.8 Å². The first-order valence-electron chi connectivity index (χ1n) is 8.45. The van der Waals surface area contributed by atoms with E-state index in [1.54, 1.807) is 36.4 Å². The van der Waals surface area contributed by atoms with Gasteiger partial charge in [-0.05, 0) is 37.6 Å². The highest BCUT2D eigenvalue weighted by atomic mass is 35.5. The van der Waals surface area contributed by atoms with Gasteiger partial charge in [0.15, 0.2) is 5.78 Å². The number of carbonyl (C=O) groups is 2. The summed E-state index contributed by atoms with van der Waals surface area (Å²) in [5.41, 5.74) is 1.60. The molecule has 1 saturated heterocycles. The van der Waals surface area contributed by atoms with Crippen LogP contribution in [0.1, 0.15) is 29.3 Å². The number of hydrogen-bond donors (Lipinski definition) is 4. The standard InChI is InChI=1S/C19H21ClN4O2/c1-12-11-16(20)23-18(21-12)24-19(26)22-15-9-7-14(8-10-15)17(25)13-5-3-2-4-6-13/h2-10,12,16,18,21,23H,11H2,1H3,(H2,22,24,26). The van der Waals surface area contributed by atoms with Gasteiger partial charge in [-0.1, -0.05) is 30.3 Å². The van der Waals surface area contributed by atoms with Gasteiger partial charge in [-0.3, -0.25) is 15.4 Å². The number of amides is 2. The number of alkyl halides is 1. The fourth-order valence-electron chi connectivity index (χ4n) is 2.80. The summed E-state index contributed by atoms with van der Waals surface area (Å²) in [7, 11) is 0. The summed E-state index contributed by atoms with van der Waals surface area (Å²) >= 11 is 6.09. The molecule has 3 rings (SSSR count). The van der Waals surface area contributed by atoms with Gasteiger partial charge in [-0.15, -0.1) is 11.6 Å². The summed E-state index contributed by atoms with van der Waals surface area (Å²) in [6.07, 6.45) is 0.373. The molecule has 1 fully saturated rings. The minimum Gasteiger partial charge on any atom is -0.310 e. The second-order valence-corrected chi connectivity index (χ2v) is 6.77. The van der Waals surface area contributed by atoms with Crippen LogP contribution in [0.2, 0.25) is 0 Å². The number of halogens is 1. The van der Waals surface area contributed by atoms with E-state index < -0.39 is 6.29 Å². The first-order valence-corrected chi connectivity index (χ1v) is 8.88. The molecule has 3 atom stereocenters. The third-order valence-corrected chi connectivity index (χ3v) is 4.38. The molecule has 3 unspecified atom stereocenters. The predicted octanol–water partition coefficient (Wildman–Crippen LogP) is 2.86. The molecule has 7 heteroatoms. The maximum absolute atomic E-state index is 12.4. The van der Waals surface area contributed by atoms with E-state index in [1.165, 1.54) is 0 Å². The lowest BCUT2D eigenvalue weighted by Crippen LogP contribution is -2.63. The Balaban J connectivity index is 1.57. The number of benzene rings is 2. The van der Waals surface area contributed by atoms with E-state index in [9.17, 15) is 9.59 Å². The fraction of sp³-hybridized carbons (Fsp3) is 0.263. The van der Waals surface area contributed by atoms with E-state index in [1.807, 2.05) is 25.1 Å². The van der Waals surface area contributed by atoms with Crippen LogP contribution in [-0.4, -0.2) is 29.6 Å². The molecule has 0 radical (unpaired) electrons. The minimum absolute atomic E-state index is 0.0562. The lowest BCUT2D eigenvalue weighted by Gasteiger charge is -2.33. The monoisotopic (exact) mass is 372 g/mol. The Labute approximate surface area is 157 Å². The number of rotatable bonds is 4. The molecule has 2 aromatic rings. The molecule has 6 nitrogen and oxygen atoms in total. The Hall–Kier alpha value is -2.41. The maximum Gasteiger partial charge on any atom is 0.321 e. The Morgan fingerprint density at radius 2 is 1.65 bits per heavy atom. The van der Waals surface area contributed by atoms with Crippen LogP contribution in [0.25, 0.3) is 0 Å². The number of ketones is 1. The summed E-state index contributed by atoms with van der Waals surface area (Å²) in [6.45, 7) is 2.01. The topological polar surface area (TPSA) is 82.3 Å². The molecule has 0 saturated carbocycles. The van der Waals surface area contributed by atoms with Crippen molar-refractivity contribution in [3.63, 3.8) is 0 Å². The largest absolute Gasteiger partial charge is 0.321 e. The molecular formula is C19H21ClN4O2. The van der Waals surface area contributed by atoms with Crippen molar-refractivity contribution in [2.75, 3.05) is 5.32 Å². The van der Waals surface area contributed by atoms with Crippen LogP contribution in [0.3, 0.4) is 0 Å². The Kier molecular flexibility index (Phi) is 5.88. The molecule has 2 amide bonds. The van der Waals surface area contributed by atoms with Crippen molar-refractivity contribution in [3.8, 4) is 0 Å². The Morgan fingerprint density at radius 3 is 2.31 bits per heavy atom. The highest BCUT2D eigenvalue weighted by molar-refractivity contribution is 6.20. The lowest BCUT2D eigenvalue weighted by atomic mass is 10.0. The highest BCUT2D eigenvalue weighted by Gasteiger charge is 2.24. The van der Waals surface area contributed by atoms with Crippen LogP contribution in [-0.2, 0) is 0 Å². The zero-order chi connectivity index (χ0) is 18.5. The zero-order valence-electron chi connectivity index (χ0n) is 14.3. The van der Waals surface area contributed by atoms with Gasteiger partial charge >= 0.3 is 6.03 Å². The molecule has 0 spiro atoms.